The van der Waals surface area contributed by atoms with Gasteiger partial charge in [0.1, 0.15) is 5.82 Å². The Balaban J connectivity index is 1.65. The fourth-order valence-corrected chi connectivity index (χ4v) is 3.01. The molecule has 4 nitrogen and oxygen atoms in total. The Morgan fingerprint density at radius 1 is 1.44 bits per heavy atom. The number of nitrogens with one attached hydrogen (secondary N) is 1. The lowest BCUT2D eigenvalue weighted by molar-refractivity contribution is 0.0406. The van der Waals surface area contributed by atoms with Gasteiger partial charge < -0.3 is 9.88 Å². The van der Waals surface area contributed by atoms with Crippen molar-refractivity contribution in [1.29, 1.82) is 0 Å². The molecule has 0 saturated heterocycles. The van der Waals surface area contributed by atoms with Gasteiger partial charge in [0.05, 0.1) is 6.54 Å². The number of hydrogen-bond donors (Lipinski definition) is 1. The molecule has 2 unspecified atom stereocenters. The molecule has 1 aromatic rings. The van der Waals surface area contributed by atoms with E-state index in [4.69, 9.17) is 0 Å². The van der Waals surface area contributed by atoms with Gasteiger partial charge in [-0.2, -0.15) is 0 Å². The second kappa shape index (κ2) is 4.18. The zero-order chi connectivity index (χ0) is 11.0. The molecule has 2 aliphatic rings. The van der Waals surface area contributed by atoms with Gasteiger partial charge in [-0.1, -0.05) is 0 Å². The number of rotatable bonds is 3. The normalized spacial score (nSPS) is 29.8. The largest absolute Gasteiger partial charge is 0.333 e. The minimum Gasteiger partial charge on any atom is -0.333 e. The lowest BCUT2D eigenvalue weighted by atomic mass is 9.78. The van der Waals surface area contributed by atoms with Crippen LogP contribution in [0.5, 0.6) is 0 Å². The van der Waals surface area contributed by atoms with E-state index in [1.54, 1.807) is 0 Å². The first-order chi connectivity index (χ1) is 7.88. The van der Waals surface area contributed by atoms with E-state index < -0.39 is 0 Å². The van der Waals surface area contributed by atoms with Gasteiger partial charge in [0, 0.05) is 31.5 Å². The summed E-state index contributed by atoms with van der Waals surface area (Å²) in [6.07, 6.45) is 6.77. The van der Waals surface area contributed by atoms with E-state index in [-0.39, 0.29) is 0 Å². The summed E-state index contributed by atoms with van der Waals surface area (Å²) in [6.45, 7) is 4.50. The summed E-state index contributed by atoms with van der Waals surface area (Å²) < 4.78 is 2.28. The molecule has 0 spiro atoms. The van der Waals surface area contributed by atoms with Gasteiger partial charge in [-0.25, -0.2) is 4.98 Å². The molecule has 2 atom stereocenters. The lowest BCUT2D eigenvalue weighted by Crippen LogP contribution is -2.52. The minimum absolute atomic E-state index is 0.790. The molecule has 1 aliphatic carbocycles. The molecule has 0 amide bonds. The molecule has 1 saturated carbocycles. The number of aromatic nitrogens is 2. The number of nitrogens with zero attached hydrogens (tertiary/aromatic N) is 3. The molecule has 4 heteroatoms. The molecule has 1 fully saturated rings. The Morgan fingerprint density at radius 2 is 2.38 bits per heavy atom. The minimum atomic E-state index is 0.790. The zero-order valence-electron chi connectivity index (χ0n) is 9.89. The summed E-state index contributed by atoms with van der Waals surface area (Å²) in [5, 5.41) is 3.31. The average molecular weight is 220 g/mol. The quantitative estimate of drug-likeness (QED) is 0.814. The highest BCUT2D eigenvalue weighted by Crippen LogP contribution is 2.33. The number of imidazole rings is 1. The molecular formula is C12H20N4. The van der Waals surface area contributed by atoms with Crippen molar-refractivity contribution in [1.82, 2.24) is 19.8 Å². The van der Waals surface area contributed by atoms with Gasteiger partial charge in [-0.15, -0.1) is 0 Å². The molecule has 2 heterocycles. The van der Waals surface area contributed by atoms with Crippen molar-refractivity contribution >= 4 is 0 Å². The Kier molecular flexibility index (Phi) is 2.69. The fourth-order valence-electron chi connectivity index (χ4n) is 3.01. The first kappa shape index (κ1) is 10.3. The van der Waals surface area contributed by atoms with Crippen LogP contribution in [0.4, 0.5) is 0 Å². The summed E-state index contributed by atoms with van der Waals surface area (Å²) in [6, 6.07) is 0.790. The molecule has 1 aliphatic heterocycles. The lowest BCUT2D eigenvalue weighted by Gasteiger charge is -2.45. The monoisotopic (exact) mass is 220 g/mol. The first-order valence-corrected chi connectivity index (χ1v) is 6.27. The molecular weight excluding hydrogens is 200 g/mol. The van der Waals surface area contributed by atoms with Gasteiger partial charge in [0.25, 0.3) is 0 Å². The van der Waals surface area contributed by atoms with Gasteiger partial charge in [-0.3, -0.25) is 4.90 Å². The smallest absolute Gasteiger partial charge is 0.122 e. The van der Waals surface area contributed by atoms with Crippen molar-refractivity contribution < 1.29 is 0 Å². The van der Waals surface area contributed by atoms with E-state index in [1.807, 2.05) is 6.20 Å². The topological polar surface area (TPSA) is 33.1 Å². The van der Waals surface area contributed by atoms with E-state index in [2.05, 4.69) is 33.0 Å². The average Bonchev–Trinajstić information content (AvgIpc) is 2.71. The van der Waals surface area contributed by atoms with E-state index >= 15 is 0 Å². The van der Waals surface area contributed by atoms with E-state index in [1.165, 1.54) is 25.2 Å². The van der Waals surface area contributed by atoms with Crippen molar-refractivity contribution in [2.75, 3.05) is 20.1 Å². The number of hydrogen-bond acceptors (Lipinski definition) is 3. The van der Waals surface area contributed by atoms with E-state index in [0.29, 0.717) is 0 Å². The van der Waals surface area contributed by atoms with Crippen LogP contribution < -0.4 is 5.32 Å². The van der Waals surface area contributed by atoms with Crippen LogP contribution in [0.15, 0.2) is 12.4 Å². The third kappa shape index (κ3) is 1.66. The van der Waals surface area contributed by atoms with Gasteiger partial charge in [-0.05, 0) is 32.4 Å². The summed E-state index contributed by atoms with van der Waals surface area (Å²) in [5.41, 5.74) is 0. The van der Waals surface area contributed by atoms with Crippen molar-refractivity contribution in [3.63, 3.8) is 0 Å². The standard InChI is InChI=1S/C12H20N4/c1-13-8-10-2-3-11(10)16-7-6-15-5-4-14-12(15)9-16/h4-5,10-11,13H,2-3,6-9H2,1H3. The predicted molar refractivity (Wildman–Crippen MR) is 63.1 cm³/mol. The van der Waals surface area contributed by atoms with Crippen LogP contribution in [0.25, 0.3) is 0 Å². The molecule has 0 aromatic carbocycles. The second-order valence-electron chi connectivity index (χ2n) is 4.97. The highest BCUT2D eigenvalue weighted by Gasteiger charge is 2.36. The van der Waals surface area contributed by atoms with Crippen LogP contribution in [0.2, 0.25) is 0 Å². The summed E-state index contributed by atoms with van der Waals surface area (Å²) in [7, 11) is 2.05. The number of fused-ring (bicyclic) bond motifs is 1. The molecule has 1 aromatic heterocycles. The Hall–Kier alpha value is -0.870. The fraction of sp³-hybridized carbons (Fsp3) is 0.750. The molecule has 88 valence electrons. The van der Waals surface area contributed by atoms with Crippen LogP contribution in [0.3, 0.4) is 0 Å². The van der Waals surface area contributed by atoms with Crippen LogP contribution in [0, 0.1) is 5.92 Å². The van der Waals surface area contributed by atoms with Gasteiger partial charge in [0.2, 0.25) is 0 Å². The maximum absolute atomic E-state index is 4.42. The van der Waals surface area contributed by atoms with E-state index in [0.717, 1.165) is 31.6 Å². The Morgan fingerprint density at radius 3 is 3.12 bits per heavy atom. The zero-order valence-corrected chi connectivity index (χ0v) is 9.89. The van der Waals surface area contributed by atoms with Gasteiger partial charge in [0.15, 0.2) is 0 Å². The predicted octanol–water partition coefficient (Wildman–Crippen LogP) is 0.697. The van der Waals surface area contributed by atoms with Gasteiger partial charge >= 0.3 is 0 Å². The SMILES string of the molecule is CNCC1CCC1N1CCn2ccnc2C1. The summed E-state index contributed by atoms with van der Waals surface area (Å²) in [4.78, 5) is 7.04. The molecule has 0 bridgehead atoms. The van der Waals surface area contributed by atoms with Crippen molar-refractivity contribution in [3.05, 3.63) is 18.2 Å². The van der Waals surface area contributed by atoms with Crippen LogP contribution >= 0.6 is 0 Å². The summed E-state index contributed by atoms with van der Waals surface area (Å²) in [5.74, 6) is 2.09. The highest BCUT2D eigenvalue weighted by molar-refractivity contribution is 4.99. The third-order valence-electron chi connectivity index (χ3n) is 4.09. The van der Waals surface area contributed by atoms with Crippen LogP contribution in [-0.4, -0.2) is 40.6 Å². The van der Waals surface area contributed by atoms with E-state index in [9.17, 15) is 0 Å². The van der Waals surface area contributed by atoms with Crippen LogP contribution in [0.1, 0.15) is 18.7 Å². The maximum atomic E-state index is 4.42. The van der Waals surface area contributed by atoms with Crippen molar-refractivity contribution in [3.8, 4) is 0 Å². The first-order valence-electron chi connectivity index (χ1n) is 6.27. The molecule has 3 rings (SSSR count). The maximum Gasteiger partial charge on any atom is 0.122 e. The molecule has 0 radical (unpaired) electrons. The summed E-state index contributed by atoms with van der Waals surface area (Å²) >= 11 is 0. The second-order valence-corrected chi connectivity index (χ2v) is 4.97. The highest BCUT2D eigenvalue weighted by atomic mass is 15.3. The van der Waals surface area contributed by atoms with Crippen molar-refractivity contribution in [2.24, 2.45) is 5.92 Å². The Labute approximate surface area is 96.7 Å². The molecule has 1 N–H and O–H groups in total. The molecule has 16 heavy (non-hydrogen) atoms. The Bertz CT molecular complexity index is 360. The van der Waals surface area contributed by atoms with Crippen LogP contribution in [-0.2, 0) is 13.1 Å². The van der Waals surface area contributed by atoms with Crippen molar-refractivity contribution in [2.45, 2.75) is 32.0 Å². The third-order valence-corrected chi connectivity index (χ3v) is 4.09.